The number of carbonyl (C=O) groups is 1. The quantitative estimate of drug-likeness (QED) is 0.398. The van der Waals surface area contributed by atoms with Crippen LogP contribution in [0, 0.1) is 38.0 Å². The number of para-hydroxylation sites is 1. The van der Waals surface area contributed by atoms with Gasteiger partial charge in [-0.25, -0.2) is 14.5 Å². The summed E-state index contributed by atoms with van der Waals surface area (Å²) in [4.78, 5) is 21.2. The minimum Gasteiger partial charge on any atom is -0.477 e. The van der Waals surface area contributed by atoms with Crippen molar-refractivity contribution in [2.24, 2.45) is 0 Å². The van der Waals surface area contributed by atoms with Crippen molar-refractivity contribution in [3.05, 3.63) is 54.7 Å². The summed E-state index contributed by atoms with van der Waals surface area (Å²) in [6.07, 6.45) is 5.52. The molecule has 1 saturated heterocycles. The number of carboxylic acids is 1. The summed E-state index contributed by atoms with van der Waals surface area (Å²) >= 11 is 0. The third-order valence-corrected chi connectivity index (χ3v) is 7.14. The van der Waals surface area contributed by atoms with Crippen LogP contribution in [-0.2, 0) is 0 Å². The van der Waals surface area contributed by atoms with Crippen molar-refractivity contribution in [2.45, 2.75) is 44.1 Å². The van der Waals surface area contributed by atoms with Crippen LogP contribution in [-0.4, -0.2) is 63.5 Å². The van der Waals surface area contributed by atoms with Crippen LogP contribution >= 0.6 is 0 Å². The van der Waals surface area contributed by atoms with E-state index in [0.717, 1.165) is 67.8 Å². The maximum Gasteiger partial charge on any atom is 0.354 e. The van der Waals surface area contributed by atoms with Gasteiger partial charge in [0.25, 0.3) is 0 Å². The van der Waals surface area contributed by atoms with Gasteiger partial charge in [-0.15, -0.1) is 6.54 Å². The van der Waals surface area contributed by atoms with Gasteiger partial charge in [0.1, 0.15) is 0 Å². The molecule has 0 spiro atoms. The molecule has 0 atom stereocenters. The third-order valence-electron chi connectivity index (χ3n) is 7.14. The first-order valence-corrected chi connectivity index (χ1v) is 11.5. The molecule has 8 heteroatoms. The molecule has 33 heavy (non-hydrogen) atoms. The Balaban J connectivity index is 0.00000259. The van der Waals surface area contributed by atoms with Crippen LogP contribution in [0.4, 0.5) is 5.69 Å². The van der Waals surface area contributed by atoms with Crippen LogP contribution in [0.1, 0.15) is 54.2 Å². The van der Waals surface area contributed by atoms with Crippen LogP contribution < -0.4 is 4.90 Å². The van der Waals surface area contributed by atoms with Crippen molar-refractivity contribution >= 4 is 22.7 Å². The standard InChI is InChI=1S/C25H30N5O2.U/c1-3-28(2)18-12-14-29(15-13-18)21-16-20(25(31)32)26-24-22(21)23(17-8-7-9-17)27-30(24)19-10-5-4-6-11-19;/h4-6,10-11,16-18H,1,3,7-9,12-15H2,2H3,(H,31,32);/q-1;. The molecule has 1 aromatic carbocycles. The predicted molar refractivity (Wildman–Crippen MR) is 126 cm³/mol. The minimum atomic E-state index is -1.01. The van der Waals surface area contributed by atoms with E-state index in [9.17, 15) is 9.90 Å². The molecular formula is C25H30N5O2U-. The molecule has 0 bridgehead atoms. The number of piperidine rings is 1. The second-order valence-corrected chi connectivity index (χ2v) is 8.99. The smallest absolute Gasteiger partial charge is 0.354 e. The summed E-state index contributed by atoms with van der Waals surface area (Å²) in [6.45, 7) is 6.58. The Hall–Kier alpha value is -1.88. The topological polar surface area (TPSA) is 74.5 Å². The fourth-order valence-corrected chi connectivity index (χ4v) is 4.93. The first-order valence-electron chi connectivity index (χ1n) is 11.5. The molecule has 5 rings (SSSR count). The summed E-state index contributed by atoms with van der Waals surface area (Å²) < 4.78 is 1.84. The number of nitrogens with zero attached hydrogens (tertiary/aromatic N) is 5. The van der Waals surface area contributed by atoms with Gasteiger partial charge in [-0.1, -0.05) is 24.6 Å². The summed E-state index contributed by atoms with van der Waals surface area (Å²) in [7, 11) is 2.12. The molecule has 1 N–H and O–H groups in total. The normalized spacial score (nSPS) is 17.2. The number of benzene rings is 1. The molecule has 3 heterocycles. The molecule has 2 aliphatic rings. The van der Waals surface area contributed by atoms with Gasteiger partial charge in [0, 0.05) is 56.2 Å². The Morgan fingerprint density at radius 2 is 1.88 bits per heavy atom. The van der Waals surface area contributed by atoms with Crippen molar-refractivity contribution < 1.29 is 41.0 Å². The summed E-state index contributed by atoms with van der Waals surface area (Å²) in [5, 5.41) is 15.9. The Labute approximate surface area is 218 Å². The van der Waals surface area contributed by atoms with Gasteiger partial charge in [-0.2, -0.15) is 5.10 Å². The van der Waals surface area contributed by atoms with Crippen molar-refractivity contribution in [3.63, 3.8) is 0 Å². The van der Waals surface area contributed by atoms with Crippen LogP contribution in [0.15, 0.2) is 36.4 Å². The van der Waals surface area contributed by atoms with Crippen molar-refractivity contribution in [2.75, 3.05) is 31.6 Å². The van der Waals surface area contributed by atoms with Crippen LogP contribution in [0.25, 0.3) is 16.7 Å². The molecule has 7 nitrogen and oxygen atoms in total. The van der Waals surface area contributed by atoms with Gasteiger partial charge in [0.15, 0.2) is 11.3 Å². The molecule has 1 saturated carbocycles. The predicted octanol–water partition coefficient (Wildman–Crippen LogP) is 4.12. The number of aromatic carboxylic acids is 1. The average molecular weight is 671 g/mol. The maximum atomic E-state index is 12.0. The van der Waals surface area contributed by atoms with E-state index in [1.54, 1.807) is 6.07 Å². The molecule has 1 aliphatic heterocycles. The second-order valence-electron chi connectivity index (χ2n) is 8.99. The SMILES string of the molecule is [CH2-]CN(C)C1CCN(c2cc(C(=O)O)nc3c2c(C2CCC2)nn3-c2ccccc2)CC1.[U]. The van der Waals surface area contributed by atoms with Gasteiger partial charge in [0.05, 0.1) is 22.5 Å². The molecule has 1 aliphatic carbocycles. The zero-order chi connectivity index (χ0) is 22.2. The molecule has 0 amide bonds. The molecular weight excluding hydrogens is 640 g/mol. The van der Waals surface area contributed by atoms with Crippen molar-refractivity contribution in [1.29, 1.82) is 0 Å². The zero-order valence-corrected chi connectivity index (χ0v) is 23.2. The fourth-order valence-electron chi connectivity index (χ4n) is 4.93. The summed E-state index contributed by atoms with van der Waals surface area (Å²) in [6, 6.07) is 12.2. The maximum absolute atomic E-state index is 12.0. The van der Waals surface area contributed by atoms with Crippen LogP contribution in [0.5, 0.6) is 0 Å². The molecule has 0 unspecified atom stereocenters. The minimum absolute atomic E-state index is 0. The average Bonchev–Trinajstić information content (AvgIpc) is 3.16. The van der Waals surface area contributed by atoms with E-state index >= 15 is 0 Å². The first-order chi connectivity index (χ1) is 15.6. The van der Waals surface area contributed by atoms with E-state index < -0.39 is 5.97 Å². The van der Waals surface area contributed by atoms with Gasteiger partial charge >= 0.3 is 5.97 Å². The van der Waals surface area contributed by atoms with Crippen molar-refractivity contribution in [1.82, 2.24) is 19.7 Å². The number of fused-ring (bicyclic) bond motifs is 1. The van der Waals surface area contributed by atoms with Gasteiger partial charge < -0.3 is 21.8 Å². The number of anilines is 1. The van der Waals surface area contributed by atoms with E-state index in [-0.39, 0.29) is 36.8 Å². The number of hydrogen-bond acceptors (Lipinski definition) is 5. The molecule has 0 radical (unpaired) electrons. The van der Waals surface area contributed by atoms with E-state index in [1.807, 2.05) is 35.0 Å². The van der Waals surface area contributed by atoms with Gasteiger partial charge in [0.2, 0.25) is 0 Å². The van der Waals surface area contributed by atoms with Gasteiger partial charge in [-0.05, 0) is 50.9 Å². The number of rotatable bonds is 6. The first kappa shape index (κ1) is 24.3. The van der Waals surface area contributed by atoms with E-state index in [0.29, 0.717) is 17.6 Å². The van der Waals surface area contributed by atoms with Crippen LogP contribution in [0.2, 0.25) is 0 Å². The zero-order valence-electron chi connectivity index (χ0n) is 19.1. The summed E-state index contributed by atoms with van der Waals surface area (Å²) in [5.41, 5.74) is 3.64. The van der Waals surface area contributed by atoms with E-state index in [2.05, 4.69) is 28.8 Å². The third kappa shape index (κ3) is 4.58. The number of hydrogen-bond donors (Lipinski definition) is 1. The fraction of sp³-hybridized carbons (Fsp3) is 0.440. The Morgan fingerprint density at radius 3 is 2.45 bits per heavy atom. The summed E-state index contributed by atoms with van der Waals surface area (Å²) in [5.74, 6) is -0.598. The van der Waals surface area contributed by atoms with Crippen molar-refractivity contribution in [3.8, 4) is 5.69 Å². The largest absolute Gasteiger partial charge is 0.477 e. The Kier molecular flexibility index (Phi) is 7.47. The second kappa shape index (κ2) is 10.2. The Morgan fingerprint density at radius 1 is 1.18 bits per heavy atom. The number of aromatic nitrogens is 3. The van der Waals surface area contributed by atoms with Gasteiger partial charge in [-0.3, -0.25) is 0 Å². The molecule has 2 fully saturated rings. The molecule has 3 aromatic rings. The number of carboxylic acid groups (broad SMARTS) is 1. The number of pyridine rings is 1. The van der Waals surface area contributed by atoms with E-state index in [4.69, 9.17) is 5.10 Å². The molecule has 2 aromatic heterocycles. The molecule has 172 valence electrons. The van der Waals surface area contributed by atoms with Crippen LogP contribution in [0.3, 0.4) is 0 Å². The monoisotopic (exact) mass is 670 g/mol. The Bertz CT molecular complexity index is 1120. The van der Waals surface area contributed by atoms with E-state index in [1.165, 1.54) is 6.42 Å².